The number of aliphatic carboxylic acids is 1. The fraction of sp³-hybridized carbons (Fsp3) is 0.857. The standard InChI is InChI=1S/C14H24N2O4/c1-15(10-6-4-2-3-5-7-10)14(20)16-9-11(17)8-12(16)13(18)19/h10-12,17H,2-9H2,1H3,(H,18,19)/t11?,12-/m0/s1. The van der Waals surface area contributed by atoms with Gasteiger partial charge in [0.25, 0.3) is 0 Å². The first-order valence-corrected chi connectivity index (χ1v) is 7.45. The molecule has 114 valence electrons. The monoisotopic (exact) mass is 284 g/mol. The second kappa shape index (κ2) is 6.43. The summed E-state index contributed by atoms with van der Waals surface area (Å²) in [6.07, 6.45) is 6.01. The Hall–Kier alpha value is -1.30. The molecule has 0 aromatic carbocycles. The van der Waals surface area contributed by atoms with Crippen LogP contribution in [0.2, 0.25) is 0 Å². The van der Waals surface area contributed by atoms with Gasteiger partial charge in [0.2, 0.25) is 0 Å². The van der Waals surface area contributed by atoms with Crippen LogP contribution in [0.1, 0.15) is 44.9 Å². The molecule has 0 aromatic heterocycles. The highest BCUT2D eigenvalue weighted by molar-refractivity contribution is 5.83. The number of amides is 2. The van der Waals surface area contributed by atoms with Crippen molar-refractivity contribution in [3.05, 3.63) is 0 Å². The van der Waals surface area contributed by atoms with Gasteiger partial charge in [0.15, 0.2) is 0 Å². The Bertz CT molecular complexity index is 366. The highest BCUT2D eigenvalue weighted by Crippen LogP contribution is 2.25. The van der Waals surface area contributed by atoms with Crippen molar-refractivity contribution in [3.63, 3.8) is 0 Å². The van der Waals surface area contributed by atoms with Crippen molar-refractivity contribution < 1.29 is 19.8 Å². The number of carboxylic acids is 1. The lowest BCUT2D eigenvalue weighted by atomic mass is 10.1. The van der Waals surface area contributed by atoms with E-state index in [0.717, 1.165) is 25.7 Å². The molecule has 2 rings (SSSR count). The number of rotatable bonds is 2. The average molecular weight is 284 g/mol. The first kappa shape index (κ1) is 15.1. The fourth-order valence-corrected chi connectivity index (χ4v) is 3.26. The van der Waals surface area contributed by atoms with Crippen LogP contribution >= 0.6 is 0 Å². The molecule has 2 fully saturated rings. The molecule has 1 saturated carbocycles. The van der Waals surface area contributed by atoms with Crippen molar-refractivity contribution in [2.75, 3.05) is 13.6 Å². The SMILES string of the molecule is CN(C(=O)N1CC(O)C[C@H]1C(=O)O)C1CCCCCC1. The lowest BCUT2D eigenvalue weighted by molar-refractivity contribution is -0.141. The normalized spacial score (nSPS) is 28.2. The van der Waals surface area contributed by atoms with Crippen molar-refractivity contribution in [3.8, 4) is 0 Å². The van der Waals surface area contributed by atoms with Crippen molar-refractivity contribution in [1.82, 2.24) is 9.80 Å². The molecule has 6 nitrogen and oxygen atoms in total. The van der Waals surface area contributed by atoms with Crippen molar-refractivity contribution in [2.24, 2.45) is 0 Å². The second-order valence-electron chi connectivity index (χ2n) is 5.93. The molecule has 20 heavy (non-hydrogen) atoms. The van der Waals surface area contributed by atoms with E-state index < -0.39 is 18.1 Å². The van der Waals surface area contributed by atoms with Crippen LogP contribution in [-0.4, -0.2) is 63.8 Å². The minimum absolute atomic E-state index is 0.118. The number of carboxylic acid groups (broad SMARTS) is 1. The van der Waals surface area contributed by atoms with E-state index in [9.17, 15) is 14.7 Å². The highest BCUT2D eigenvalue weighted by atomic mass is 16.4. The molecule has 1 aliphatic heterocycles. The molecular formula is C14H24N2O4. The predicted molar refractivity (Wildman–Crippen MR) is 73.4 cm³/mol. The van der Waals surface area contributed by atoms with Crippen LogP contribution in [0, 0.1) is 0 Å². The van der Waals surface area contributed by atoms with E-state index in [1.54, 1.807) is 11.9 Å². The third-order valence-corrected chi connectivity index (χ3v) is 4.48. The number of carbonyl (C=O) groups is 2. The Balaban J connectivity index is 2.03. The van der Waals surface area contributed by atoms with Crippen LogP contribution in [-0.2, 0) is 4.79 Å². The number of hydrogen-bond acceptors (Lipinski definition) is 3. The fourth-order valence-electron chi connectivity index (χ4n) is 3.26. The van der Waals surface area contributed by atoms with Gasteiger partial charge in [-0.15, -0.1) is 0 Å². The predicted octanol–water partition coefficient (Wildman–Crippen LogP) is 1.28. The Morgan fingerprint density at radius 3 is 2.30 bits per heavy atom. The number of aliphatic hydroxyl groups excluding tert-OH is 1. The summed E-state index contributed by atoms with van der Waals surface area (Å²) in [6, 6.07) is -0.969. The van der Waals surface area contributed by atoms with E-state index in [2.05, 4.69) is 0 Å². The Morgan fingerprint density at radius 2 is 1.75 bits per heavy atom. The van der Waals surface area contributed by atoms with E-state index in [1.165, 1.54) is 17.7 Å². The molecule has 1 unspecified atom stereocenters. The molecule has 1 aliphatic carbocycles. The summed E-state index contributed by atoms with van der Waals surface area (Å²) in [5.41, 5.74) is 0. The molecule has 1 saturated heterocycles. The van der Waals surface area contributed by atoms with Gasteiger partial charge in [-0.25, -0.2) is 9.59 Å². The van der Waals surface area contributed by atoms with Gasteiger partial charge in [-0.05, 0) is 12.8 Å². The Morgan fingerprint density at radius 1 is 1.15 bits per heavy atom. The van der Waals surface area contributed by atoms with E-state index in [0.29, 0.717) is 0 Å². The Kier molecular flexibility index (Phi) is 4.86. The van der Waals surface area contributed by atoms with Gasteiger partial charge < -0.3 is 20.0 Å². The van der Waals surface area contributed by atoms with Gasteiger partial charge >= 0.3 is 12.0 Å². The summed E-state index contributed by atoms with van der Waals surface area (Å²) in [6.45, 7) is 0.118. The molecule has 0 bridgehead atoms. The molecule has 1 heterocycles. The van der Waals surface area contributed by atoms with Gasteiger partial charge in [0.05, 0.1) is 6.10 Å². The van der Waals surface area contributed by atoms with Crippen LogP contribution in [0.25, 0.3) is 0 Å². The van der Waals surface area contributed by atoms with Gasteiger partial charge in [0, 0.05) is 26.1 Å². The maximum absolute atomic E-state index is 12.5. The summed E-state index contributed by atoms with van der Waals surface area (Å²) < 4.78 is 0. The van der Waals surface area contributed by atoms with Crippen LogP contribution in [0.5, 0.6) is 0 Å². The van der Waals surface area contributed by atoms with E-state index >= 15 is 0 Å². The van der Waals surface area contributed by atoms with Crippen molar-refractivity contribution in [2.45, 2.75) is 63.1 Å². The second-order valence-corrected chi connectivity index (χ2v) is 5.93. The van der Waals surface area contributed by atoms with Crippen LogP contribution in [0.15, 0.2) is 0 Å². The average Bonchev–Trinajstić information content (AvgIpc) is 2.64. The van der Waals surface area contributed by atoms with Gasteiger partial charge in [0.1, 0.15) is 6.04 Å². The molecule has 2 atom stereocenters. The summed E-state index contributed by atoms with van der Waals surface area (Å²) >= 11 is 0. The molecule has 0 aromatic rings. The molecule has 6 heteroatoms. The minimum Gasteiger partial charge on any atom is -0.480 e. The number of carbonyl (C=O) groups excluding carboxylic acids is 1. The quantitative estimate of drug-likeness (QED) is 0.748. The maximum Gasteiger partial charge on any atom is 0.326 e. The lowest BCUT2D eigenvalue weighted by Gasteiger charge is -2.32. The maximum atomic E-state index is 12.5. The van der Waals surface area contributed by atoms with E-state index in [4.69, 9.17) is 5.11 Å². The van der Waals surface area contributed by atoms with Gasteiger partial charge in [-0.2, -0.15) is 0 Å². The van der Waals surface area contributed by atoms with Crippen molar-refractivity contribution >= 4 is 12.0 Å². The largest absolute Gasteiger partial charge is 0.480 e. The smallest absolute Gasteiger partial charge is 0.326 e. The van der Waals surface area contributed by atoms with Crippen LogP contribution in [0.3, 0.4) is 0 Å². The zero-order valence-electron chi connectivity index (χ0n) is 12.0. The summed E-state index contributed by atoms with van der Waals surface area (Å²) in [4.78, 5) is 26.7. The number of likely N-dealkylation sites (tertiary alicyclic amines) is 1. The zero-order valence-corrected chi connectivity index (χ0v) is 12.0. The van der Waals surface area contributed by atoms with Gasteiger partial charge in [-0.1, -0.05) is 25.7 Å². The lowest BCUT2D eigenvalue weighted by Crippen LogP contribution is -2.50. The number of hydrogen-bond donors (Lipinski definition) is 2. The molecule has 2 amide bonds. The summed E-state index contributed by atoms with van der Waals surface area (Å²) in [7, 11) is 1.75. The summed E-state index contributed by atoms with van der Waals surface area (Å²) in [5.74, 6) is -1.04. The van der Waals surface area contributed by atoms with Crippen LogP contribution in [0.4, 0.5) is 4.79 Å². The number of nitrogens with zero attached hydrogens (tertiary/aromatic N) is 2. The minimum atomic E-state index is -1.04. The molecule has 2 N–H and O–H groups in total. The van der Waals surface area contributed by atoms with Gasteiger partial charge in [-0.3, -0.25) is 0 Å². The van der Waals surface area contributed by atoms with E-state index in [-0.39, 0.29) is 25.0 Å². The molecule has 0 radical (unpaired) electrons. The number of aliphatic hydroxyl groups is 1. The highest BCUT2D eigenvalue weighted by Gasteiger charge is 2.41. The molecule has 2 aliphatic rings. The third-order valence-electron chi connectivity index (χ3n) is 4.48. The van der Waals surface area contributed by atoms with Crippen LogP contribution < -0.4 is 0 Å². The molecular weight excluding hydrogens is 260 g/mol. The first-order valence-electron chi connectivity index (χ1n) is 7.45. The van der Waals surface area contributed by atoms with Crippen molar-refractivity contribution in [1.29, 1.82) is 0 Å². The molecule has 0 spiro atoms. The summed E-state index contributed by atoms with van der Waals surface area (Å²) in [5, 5.41) is 18.8. The number of urea groups is 1. The topological polar surface area (TPSA) is 81.1 Å². The zero-order chi connectivity index (χ0) is 14.7. The Labute approximate surface area is 119 Å². The third kappa shape index (κ3) is 3.23. The number of β-amino-alcohol motifs (C(OH)–C–C–N with tert-alkyl or cyclic N) is 1. The van der Waals surface area contributed by atoms with E-state index in [1.807, 2.05) is 0 Å². The first-order chi connectivity index (χ1) is 9.50.